The predicted octanol–water partition coefficient (Wildman–Crippen LogP) is 1.37. The zero-order valence-corrected chi connectivity index (χ0v) is 30.2. The van der Waals surface area contributed by atoms with Gasteiger partial charge in [0.05, 0.1) is 26.0 Å². The first-order valence-corrected chi connectivity index (χ1v) is 16.3. The van der Waals surface area contributed by atoms with E-state index in [1.165, 1.54) is 21.0 Å². The number of rotatable bonds is 15. The number of carbonyl (C=O) groups is 6. The van der Waals surface area contributed by atoms with Crippen molar-refractivity contribution in [3.05, 3.63) is 70.8 Å². The number of nitrogens with one attached hydrogen (secondary N) is 4. The number of carbonyl (C=O) groups excluding carboxylic acids is 6. The largest absolute Gasteiger partial charge is 0.467 e. The average molecular weight is 739 g/mol. The summed E-state index contributed by atoms with van der Waals surface area (Å²) in [6.07, 6.45) is 0.404. The van der Waals surface area contributed by atoms with Crippen molar-refractivity contribution >= 4 is 35.5 Å². The summed E-state index contributed by atoms with van der Waals surface area (Å²) < 4.78 is 57.2. The molecule has 2 aromatic carbocycles. The predicted molar refractivity (Wildman–Crippen MR) is 181 cm³/mol. The molecule has 0 aliphatic heterocycles. The van der Waals surface area contributed by atoms with Crippen molar-refractivity contribution < 1.29 is 51.1 Å². The Labute approximate surface area is 299 Å². The third-order valence-electron chi connectivity index (χ3n) is 7.99. The summed E-state index contributed by atoms with van der Waals surface area (Å²) in [6, 6.07) is 3.19. The minimum atomic E-state index is -1.00. The third kappa shape index (κ3) is 14.4. The molecule has 0 unspecified atom stereocenters. The van der Waals surface area contributed by atoms with E-state index in [1.54, 1.807) is 14.0 Å². The highest BCUT2D eigenvalue weighted by Gasteiger charge is 2.52. The van der Waals surface area contributed by atoms with Gasteiger partial charge in [0.25, 0.3) is 0 Å². The summed E-state index contributed by atoms with van der Waals surface area (Å²) in [6.45, 7) is 5.96. The molecule has 0 spiro atoms. The second kappa shape index (κ2) is 19.6. The van der Waals surface area contributed by atoms with Gasteiger partial charge in [-0.1, -0.05) is 0 Å². The Hall–Kier alpha value is -4.90. The molecule has 1 fully saturated rings. The fourth-order valence-electron chi connectivity index (χ4n) is 4.64. The van der Waals surface area contributed by atoms with Crippen LogP contribution in [-0.2, 0) is 46.3 Å². The van der Waals surface area contributed by atoms with Crippen LogP contribution in [0.3, 0.4) is 0 Å². The molecule has 0 bridgehead atoms. The number of amides is 5. The first-order chi connectivity index (χ1) is 24.2. The fourth-order valence-corrected chi connectivity index (χ4v) is 4.64. The highest BCUT2D eigenvalue weighted by atomic mass is 19.1. The second-order valence-electron chi connectivity index (χ2n) is 12.9. The SMILES string of the molecule is COC(=O)C1(NC(=O)[C@H](C)NC(=O)Cc2cc(F)cc(F)c2)CC1.C[C@H](NC(=O)Cc1cc(F)cc(F)c1)C(=O)NC(=O)[C@H](C)N(C)CCN(C)C. The number of benzene rings is 2. The number of esters is 1. The summed E-state index contributed by atoms with van der Waals surface area (Å²) in [5, 5.41) is 9.66. The van der Waals surface area contributed by atoms with Crippen LogP contribution in [0, 0.1) is 23.3 Å². The molecule has 52 heavy (non-hydrogen) atoms. The summed E-state index contributed by atoms with van der Waals surface area (Å²) >= 11 is 0. The smallest absolute Gasteiger partial charge is 0.331 e. The lowest BCUT2D eigenvalue weighted by Gasteiger charge is -2.25. The van der Waals surface area contributed by atoms with Crippen LogP contribution >= 0.6 is 0 Å². The normalized spacial score (nSPS) is 14.6. The molecule has 0 heterocycles. The van der Waals surface area contributed by atoms with Crippen molar-refractivity contribution in [3.63, 3.8) is 0 Å². The van der Waals surface area contributed by atoms with Crippen LogP contribution in [0.2, 0.25) is 0 Å². The molecule has 1 aliphatic rings. The summed E-state index contributed by atoms with van der Waals surface area (Å²) in [5.74, 6) is -6.47. The quantitative estimate of drug-likeness (QED) is 0.156. The number of imide groups is 1. The Morgan fingerprint density at radius 2 is 1.12 bits per heavy atom. The Bertz CT molecular complexity index is 1580. The summed E-state index contributed by atoms with van der Waals surface area (Å²) in [5.41, 5.74) is -0.697. The van der Waals surface area contributed by atoms with Crippen molar-refractivity contribution in [1.82, 2.24) is 31.1 Å². The van der Waals surface area contributed by atoms with E-state index >= 15 is 0 Å². The number of nitrogens with zero attached hydrogens (tertiary/aromatic N) is 2. The van der Waals surface area contributed by atoms with Gasteiger partial charge >= 0.3 is 5.97 Å². The Balaban J connectivity index is 0.000000364. The van der Waals surface area contributed by atoms with E-state index in [0.29, 0.717) is 31.5 Å². The number of hydrogen-bond donors (Lipinski definition) is 4. The molecule has 3 rings (SSSR count). The highest BCUT2D eigenvalue weighted by Crippen LogP contribution is 2.36. The van der Waals surface area contributed by atoms with Gasteiger partial charge in [0.1, 0.15) is 40.9 Å². The van der Waals surface area contributed by atoms with Gasteiger partial charge in [-0.3, -0.25) is 34.2 Å². The van der Waals surface area contributed by atoms with Gasteiger partial charge in [0.2, 0.25) is 29.5 Å². The average Bonchev–Trinajstić information content (AvgIpc) is 3.82. The highest BCUT2D eigenvalue weighted by molar-refractivity contribution is 6.01. The zero-order valence-electron chi connectivity index (χ0n) is 30.2. The first kappa shape index (κ1) is 43.3. The fraction of sp³-hybridized carbons (Fsp3) is 0.486. The molecule has 1 aliphatic carbocycles. The number of methoxy groups -OCH3 is 1. The monoisotopic (exact) mass is 738 g/mol. The van der Waals surface area contributed by atoms with Crippen molar-refractivity contribution in [1.29, 1.82) is 0 Å². The summed E-state index contributed by atoms with van der Waals surface area (Å²) in [7, 11) is 6.86. The molecule has 2 aromatic rings. The van der Waals surface area contributed by atoms with Gasteiger partial charge in [0.15, 0.2) is 0 Å². The van der Waals surface area contributed by atoms with Crippen LogP contribution < -0.4 is 21.3 Å². The van der Waals surface area contributed by atoms with Crippen LogP contribution in [0.15, 0.2) is 36.4 Å². The first-order valence-electron chi connectivity index (χ1n) is 16.3. The van der Waals surface area contributed by atoms with E-state index in [4.69, 9.17) is 0 Å². The molecule has 0 saturated heterocycles. The zero-order chi connectivity index (χ0) is 39.3. The van der Waals surface area contributed by atoms with Crippen LogP contribution in [0.25, 0.3) is 0 Å². The lowest BCUT2D eigenvalue weighted by molar-refractivity contribution is -0.146. The van der Waals surface area contributed by atoms with E-state index in [-0.39, 0.29) is 24.0 Å². The van der Waals surface area contributed by atoms with E-state index < -0.39 is 82.4 Å². The Morgan fingerprint density at radius 3 is 1.50 bits per heavy atom. The van der Waals surface area contributed by atoms with E-state index in [2.05, 4.69) is 26.0 Å². The third-order valence-corrected chi connectivity index (χ3v) is 7.99. The lowest BCUT2D eigenvalue weighted by atomic mass is 10.1. The van der Waals surface area contributed by atoms with Crippen molar-refractivity contribution in [2.45, 2.75) is 70.1 Å². The van der Waals surface area contributed by atoms with Crippen molar-refractivity contribution in [2.24, 2.45) is 0 Å². The van der Waals surface area contributed by atoms with Crippen LogP contribution in [0.5, 0.6) is 0 Å². The Kier molecular flexibility index (Phi) is 16.3. The molecule has 0 radical (unpaired) electrons. The standard InChI is InChI=1S/C19H28F2N4O3.C16H18F2N2O4/c1-12(22-17(26)10-14-8-15(20)11-16(21)9-14)18(27)23-19(28)13(2)25(5)7-6-24(3)4;1-9(14(22)20-16(3-4-16)15(23)24-2)19-13(21)7-10-5-11(17)8-12(18)6-10/h8-9,11-13H,6-7,10H2,1-5H3,(H,22,26)(H,23,27,28);5-6,8-9H,3-4,7H2,1-2H3,(H,19,21)(H,20,22)/t12-,13-;9-/m00/s1. The molecule has 17 heteroatoms. The maximum absolute atomic E-state index is 13.2. The maximum Gasteiger partial charge on any atom is 0.331 e. The van der Waals surface area contributed by atoms with Gasteiger partial charge in [-0.2, -0.15) is 0 Å². The van der Waals surface area contributed by atoms with Crippen molar-refractivity contribution in [2.75, 3.05) is 41.3 Å². The number of likely N-dealkylation sites (N-methyl/N-ethyl adjacent to an activating group) is 2. The number of halogens is 4. The van der Waals surface area contributed by atoms with Gasteiger partial charge in [-0.05, 0) is 90.1 Å². The van der Waals surface area contributed by atoms with Crippen molar-refractivity contribution in [3.8, 4) is 0 Å². The minimum absolute atomic E-state index is 0.148. The molecular weight excluding hydrogens is 692 g/mol. The number of hydrogen-bond acceptors (Lipinski definition) is 9. The van der Waals surface area contributed by atoms with E-state index in [9.17, 15) is 46.3 Å². The topological polar surface area (TPSA) is 166 Å². The Morgan fingerprint density at radius 1 is 0.692 bits per heavy atom. The van der Waals surface area contributed by atoms with Crippen LogP contribution in [-0.4, -0.2) is 110 Å². The van der Waals surface area contributed by atoms with E-state index in [0.717, 1.165) is 30.8 Å². The molecular formula is C35H46F4N6O7. The molecule has 1 saturated carbocycles. The molecule has 4 N–H and O–H groups in total. The lowest BCUT2D eigenvalue weighted by Crippen LogP contribution is -2.52. The molecule has 3 atom stereocenters. The molecule has 13 nitrogen and oxygen atoms in total. The van der Waals surface area contributed by atoms with Gasteiger partial charge in [-0.15, -0.1) is 0 Å². The minimum Gasteiger partial charge on any atom is -0.467 e. The maximum atomic E-state index is 13.2. The second-order valence-corrected chi connectivity index (χ2v) is 12.9. The van der Waals surface area contributed by atoms with Gasteiger partial charge < -0.3 is 25.6 Å². The van der Waals surface area contributed by atoms with Crippen LogP contribution in [0.4, 0.5) is 17.6 Å². The van der Waals surface area contributed by atoms with E-state index in [1.807, 2.05) is 23.9 Å². The molecule has 5 amide bonds. The summed E-state index contributed by atoms with van der Waals surface area (Å²) in [4.78, 5) is 75.7. The van der Waals surface area contributed by atoms with Crippen LogP contribution in [0.1, 0.15) is 44.7 Å². The van der Waals surface area contributed by atoms with Gasteiger partial charge in [0, 0.05) is 25.2 Å². The molecule has 0 aromatic heterocycles. The van der Waals surface area contributed by atoms with Gasteiger partial charge in [-0.25, -0.2) is 22.4 Å². The number of ether oxygens (including phenoxy) is 1. The molecule has 286 valence electrons.